The summed E-state index contributed by atoms with van der Waals surface area (Å²) in [5.41, 5.74) is 3.65. The number of nitrogens with one attached hydrogen (secondary N) is 2. The van der Waals surface area contributed by atoms with E-state index in [4.69, 9.17) is 4.74 Å². The molecular weight excluding hydrogens is 288 g/mol. The first-order valence-electron chi connectivity index (χ1n) is 7.87. The lowest BCUT2D eigenvalue weighted by Crippen LogP contribution is -2.37. The zero-order valence-corrected chi connectivity index (χ0v) is 13.8. The quantitative estimate of drug-likeness (QED) is 0.825. The molecule has 0 unspecified atom stereocenters. The monoisotopic (exact) mass is 312 g/mol. The fraction of sp³-hybridized carbons (Fsp3) is 0.316. The third-order valence-corrected chi connectivity index (χ3v) is 3.64. The van der Waals surface area contributed by atoms with Crippen molar-refractivity contribution in [3.8, 4) is 5.75 Å². The van der Waals surface area contributed by atoms with Crippen LogP contribution in [0.15, 0.2) is 48.5 Å². The third kappa shape index (κ3) is 6.02. The molecule has 4 nitrogen and oxygen atoms in total. The minimum Gasteiger partial charge on any atom is -0.497 e. The molecule has 0 bridgehead atoms. The molecule has 0 aliphatic rings. The molecule has 0 radical (unpaired) electrons. The molecule has 23 heavy (non-hydrogen) atoms. The Morgan fingerprint density at radius 1 is 0.957 bits per heavy atom. The van der Waals surface area contributed by atoms with E-state index in [1.165, 1.54) is 16.7 Å². The first kappa shape index (κ1) is 16.9. The number of ether oxygens (including phenoxy) is 1. The summed E-state index contributed by atoms with van der Waals surface area (Å²) in [6, 6.07) is 16.1. The van der Waals surface area contributed by atoms with Gasteiger partial charge in [0.15, 0.2) is 0 Å². The molecule has 2 amide bonds. The Balaban J connectivity index is 1.63. The zero-order valence-electron chi connectivity index (χ0n) is 13.8. The highest BCUT2D eigenvalue weighted by atomic mass is 16.5. The van der Waals surface area contributed by atoms with Gasteiger partial charge < -0.3 is 15.4 Å². The number of amides is 2. The van der Waals surface area contributed by atoms with Crippen LogP contribution in [-0.4, -0.2) is 26.2 Å². The van der Waals surface area contributed by atoms with Gasteiger partial charge in [-0.3, -0.25) is 0 Å². The molecular formula is C19H24N2O2. The lowest BCUT2D eigenvalue weighted by atomic mass is 10.1. The van der Waals surface area contributed by atoms with Gasteiger partial charge in [-0.05, 0) is 43.0 Å². The molecule has 2 aromatic carbocycles. The molecule has 2 rings (SSSR count). The number of benzene rings is 2. The molecule has 0 aliphatic heterocycles. The first-order chi connectivity index (χ1) is 11.2. The van der Waals surface area contributed by atoms with Gasteiger partial charge in [0.05, 0.1) is 7.11 Å². The Kier molecular flexibility index (Phi) is 6.48. The van der Waals surface area contributed by atoms with Crippen molar-refractivity contribution in [1.29, 1.82) is 0 Å². The Hall–Kier alpha value is -2.49. The molecule has 2 N–H and O–H groups in total. The fourth-order valence-corrected chi connectivity index (χ4v) is 2.36. The Labute approximate surface area is 137 Å². The summed E-state index contributed by atoms with van der Waals surface area (Å²) in [7, 11) is 1.65. The summed E-state index contributed by atoms with van der Waals surface area (Å²) in [5, 5.41) is 5.76. The summed E-state index contributed by atoms with van der Waals surface area (Å²) in [4.78, 5) is 11.7. The minimum atomic E-state index is -0.119. The van der Waals surface area contributed by atoms with E-state index in [9.17, 15) is 4.79 Å². The van der Waals surface area contributed by atoms with E-state index in [2.05, 4.69) is 35.8 Å². The van der Waals surface area contributed by atoms with Gasteiger partial charge in [-0.1, -0.05) is 42.0 Å². The molecule has 2 aromatic rings. The minimum absolute atomic E-state index is 0.119. The van der Waals surface area contributed by atoms with Crippen LogP contribution >= 0.6 is 0 Å². The highest BCUT2D eigenvalue weighted by Crippen LogP contribution is 2.11. The lowest BCUT2D eigenvalue weighted by molar-refractivity contribution is 0.241. The fourth-order valence-electron chi connectivity index (χ4n) is 2.36. The highest BCUT2D eigenvalue weighted by Gasteiger charge is 2.01. The van der Waals surface area contributed by atoms with Crippen LogP contribution < -0.4 is 15.4 Å². The number of hydrogen-bond donors (Lipinski definition) is 2. The van der Waals surface area contributed by atoms with Crippen molar-refractivity contribution in [3.63, 3.8) is 0 Å². The molecule has 0 fully saturated rings. The molecule has 0 atom stereocenters. The summed E-state index contributed by atoms with van der Waals surface area (Å²) >= 11 is 0. The van der Waals surface area contributed by atoms with Gasteiger partial charge in [0.25, 0.3) is 0 Å². The van der Waals surface area contributed by atoms with Crippen molar-refractivity contribution in [2.75, 3.05) is 20.2 Å². The van der Waals surface area contributed by atoms with Gasteiger partial charge in [-0.25, -0.2) is 4.79 Å². The number of carbonyl (C=O) groups excluding carboxylic acids is 1. The smallest absolute Gasteiger partial charge is 0.314 e. The average molecular weight is 312 g/mol. The van der Waals surface area contributed by atoms with Crippen molar-refractivity contribution in [1.82, 2.24) is 10.6 Å². The van der Waals surface area contributed by atoms with Crippen molar-refractivity contribution >= 4 is 6.03 Å². The van der Waals surface area contributed by atoms with E-state index in [0.29, 0.717) is 13.1 Å². The van der Waals surface area contributed by atoms with E-state index in [-0.39, 0.29) is 6.03 Å². The Bertz CT molecular complexity index is 624. The molecule has 0 spiro atoms. The second kappa shape index (κ2) is 8.83. The van der Waals surface area contributed by atoms with Crippen LogP contribution in [0.2, 0.25) is 0 Å². The summed E-state index contributed by atoms with van der Waals surface area (Å²) in [5.74, 6) is 0.843. The molecule has 0 saturated heterocycles. The Morgan fingerprint density at radius 2 is 1.61 bits per heavy atom. The van der Waals surface area contributed by atoms with Crippen molar-refractivity contribution in [2.45, 2.75) is 19.8 Å². The van der Waals surface area contributed by atoms with Crippen LogP contribution in [0.1, 0.15) is 16.7 Å². The second-order valence-corrected chi connectivity index (χ2v) is 5.52. The van der Waals surface area contributed by atoms with Gasteiger partial charge in [0.1, 0.15) is 5.75 Å². The van der Waals surface area contributed by atoms with Crippen LogP contribution in [0, 0.1) is 6.92 Å². The van der Waals surface area contributed by atoms with Crippen molar-refractivity contribution in [3.05, 3.63) is 65.2 Å². The van der Waals surface area contributed by atoms with Crippen LogP contribution in [0.25, 0.3) is 0 Å². The van der Waals surface area contributed by atoms with Gasteiger partial charge in [0, 0.05) is 13.1 Å². The standard InChI is InChI=1S/C19H24N2O2/c1-15-4-3-5-17(14-15)11-13-21-19(22)20-12-10-16-6-8-18(23-2)9-7-16/h3-9,14H,10-13H2,1-2H3,(H2,20,21,22). The van der Waals surface area contributed by atoms with Crippen molar-refractivity contribution < 1.29 is 9.53 Å². The van der Waals surface area contributed by atoms with E-state index in [0.717, 1.165) is 18.6 Å². The number of rotatable bonds is 7. The summed E-state index contributed by atoms with van der Waals surface area (Å²) < 4.78 is 5.12. The largest absolute Gasteiger partial charge is 0.497 e. The van der Waals surface area contributed by atoms with Gasteiger partial charge in [-0.2, -0.15) is 0 Å². The summed E-state index contributed by atoms with van der Waals surface area (Å²) in [6.45, 7) is 3.32. The third-order valence-electron chi connectivity index (χ3n) is 3.64. The normalized spacial score (nSPS) is 10.2. The maximum absolute atomic E-state index is 11.7. The molecule has 0 heterocycles. The van der Waals surface area contributed by atoms with Gasteiger partial charge in [0.2, 0.25) is 0 Å². The number of urea groups is 1. The Morgan fingerprint density at radius 3 is 2.22 bits per heavy atom. The highest BCUT2D eigenvalue weighted by molar-refractivity contribution is 5.73. The molecule has 122 valence electrons. The van der Waals surface area contributed by atoms with E-state index in [1.54, 1.807) is 7.11 Å². The van der Waals surface area contributed by atoms with E-state index in [1.807, 2.05) is 30.3 Å². The molecule has 0 aromatic heterocycles. The summed E-state index contributed by atoms with van der Waals surface area (Å²) in [6.07, 6.45) is 1.64. The molecule has 4 heteroatoms. The maximum Gasteiger partial charge on any atom is 0.314 e. The zero-order chi connectivity index (χ0) is 16.5. The lowest BCUT2D eigenvalue weighted by Gasteiger charge is -2.08. The van der Waals surface area contributed by atoms with Gasteiger partial charge in [-0.15, -0.1) is 0 Å². The van der Waals surface area contributed by atoms with Crippen LogP contribution in [0.4, 0.5) is 4.79 Å². The predicted octanol–water partition coefficient (Wildman–Crippen LogP) is 3.09. The predicted molar refractivity (Wildman–Crippen MR) is 93.0 cm³/mol. The number of carbonyl (C=O) groups is 1. The number of methoxy groups -OCH3 is 1. The van der Waals surface area contributed by atoms with E-state index < -0.39 is 0 Å². The van der Waals surface area contributed by atoms with Crippen LogP contribution in [0.5, 0.6) is 5.75 Å². The second-order valence-electron chi connectivity index (χ2n) is 5.52. The maximum atomic E-state index is 11.7. The SMILES string of the molecule is COc1ccc(CCNC(=O)NCCc2cccc(C)c2)cc1. The van der Waals surface area contributed by atoms with Gasteiger partial charge >= 0.3 is 6.03 Å². The van der Waals surface area contributed by atoms with Crippen LogP contribution in [0.3, 0.4) is 0 Å². The van der Waals surface area contributed by atoms with Crippen molar-refractivity contribution in [2.24, 2.45) is 0 Å². The number of hydrogen-bond acceptors (Lipinski definition) is 2. The number of aryl methyl sites for hydroxylation is 1. The van der Waals surface area contributed by atoms with E-state index >= 15 is 0 Å². The van der Waals surface area contributed by atoms with Crippen LogP contribution in [-0.2, 0) is 12.8 Å². The average Bonchev–Trinajstić information content (AvgIpc) is 2.55. The first-order valence-corrected chi connectivity index (χ1v) is 7.87. The topological polar surface area (TPSA) is 50.4 Å². The molecule has 0 aliphatic carbocycles. The molecule has 0 saturated carbocycles.